The van der Waals surface area contributed by atoms with Crippen molar-refractivity contribution >= 4 is 22.8 Å². The Morgan fingerprint density at radius 2 is 1.94 bits per heavy atom. The normalized spacial score (nSPS) is 12.2. The summed E-state index contributed by atoms with van der Waals surface area (Å²) in [5, 5.41) is 0.173. The molecule has 0 spiro atoms. The average Bonchev–Trinajstić information content (AvgIpc) is 2.44. The van der Waals surface area contributed by atoms with Crippen molar-refractivity contribution in [1.82, 2.24) is 15.0 Å². The highest BCUT2D eigenvalue weighted by molar-refractivity contribution is 5.90. The van der Waals surface area contributed by atoms with Crippen LogP contribution >= 0.6 is 0 Å². The van der Waals surface area contributed by atoms with Crippen LogP contribution in [-0.4, -0.2) is 21.1 Å². The van der Waals surface area contributed by atoms with E-state index in [0.29, 0.717) is 0 Å². The second-order valence-corrected chi connectivity index (χ2v) is 3.30. The first-order valence-corrected chi connectivity index (χ1v) is 4.32. The highest BCUT2D eigenvalue weighted by atomic mass is 19.4. The fourth-order valence-corrected chi connectivity index (χ4v) is 1.50. The number of H-pyrrole nitrogens is 1. The van der Waals surface area contributed by atoms with Crippen LogP contribution in [0.15, 0.2) is 6.20 Å². The standard InChI is InChI=1S/C8H8F3N5/c9-8(10,11)1-3-2-14-6-4(3)5(12)15-7(13)16-6/h2H,1H2,(H5,12,13,14,15,16). The quantitative estimate of drug-likeness (QED) is 0.688. The van der Waals surface area contributed by atoms with Gasteiger partial charge in [-0.1, -0.05) is 0 Å². The van der Waals surface area contributed by atoms with Gasteiger partial charge in [-0.15, -0.1) is 0 Å². The van der Waals surface area contributed by atoms with Gasteiger partial charge in [0.2, 0.25) is 5.95 Å². The Balaban J connectivity index is 2.56. The van der Waals surface area contributed by atoms with Gasteiger partial charge in [0, 0.05) is 6.20 Å². The first-order chi connectivity index (χ1) is 7.37. The molecule has 16 heavy (non-hydrogen) atoms. The summed E-state index contributed by atoms with van der Waals surface area (Å²) >= 11 is 0. The van der Waals surface area contributed by atoms with Gasteiger partial charge in [0.1, 0.15) is 11.5 Å². The maximum Gasteiger partial charge on any atom is 0.393 e. The van der Waals surface area contributed by atoms with Gasteiger partial charge in [0.15, 0.2) is 0 Å². The molecule has 2 heterocycles. The molecule has 0 unspecified atom stereocenters. The third-order valence-electron chi connectivity index (χ3n) is 2.05. The lowest BCUT2D eigenvalue weighted by Gasteiger charge is -2.05. The van der Waals surface area contributed by atoms with Gasteiger partial charge in [-0.05, 0) is 5.56 Å². The summed E-state index contributed by atoms with van der Waals surface area (Å²) in [5.74, 6) is -0.131. The third-order valence-corrected chi connectivity index (χ3v) is 2.05. The lowest BCUT2D eigenvalue weighted by molar-refractivity contribution is -0.126. The fourth-order valence-electron chi connectivity index (χ4n) is 1.50. The molecule has 0 bridgehead atoms. The lowest BCUT2D eigenvalue weighted by Crippen LogP contribution is -2.11. The number of halogens is 3. The zero-order valence-electron chi connectivity index (χ0n) is 7.97. The summed E-state index contributed by atoms with van der Waals surface area (Å²) in [6.07, 6.45) is -4.17. The molecular weight excluding hydrogens is 223 g/mol. The number of hydrogen-bond donors (Lipinski definition) is 3. The second kappa shape index (κ2) is 3.26. The molecule has 5 N–H and O–H groups in total. The molecule has 0 atom stereocenters. The minimum atomic E-state index is -4.30. The molecule has 0 fully saturated rings. The molecule has 0 aliphatic carbocycles. The number of fused-ring (bicyclic) bond motifs is 1. The van der Waals surface area contributed by atoms with E-state index in [1.807, 2.05) is 0 Å². The number of hydrogen-bond acceptors (Lipinski definition) is 4. The topological polar surface area (TPSA) is 93.6 Å². The van der Waals surface area contributed by atoms with Crippen LogP contribution in [0.1, 0.15) is 5.56 Å². The van der Waals surface area contributed by atoms with E-state index >= 15 is 0 Å². The zero-order valence-corrected chi connectivity index (χ0v) is 7.97. The van der Waals surface area contributed by atoms with Gasteiger partial charge in [-0.3, -0.25) is 0 Å². The number of alkyl halides is 3. The van der Waals surface area contributed by atoms with Gasteiger partial charge in [-0.25, -0.2) is 0 Å². The molecule has 0 saturated heterocycles. The Kier molecular flexibility index (Phi) is 2.14. The number of aromatic nitrogens is 3. The first kappa shape index (κ1) is 10.5. The van der Waals surface area contributed by atoms with Crippen LogP contribution in [0.5, 0.6) is 0 Å². The van der Waals surface area contributed by atoms with Crippen molar-refractivity contribution in [1.29, 1.82) is 0 Å². The SMILES string of the molecule is Nc1nc(N)c2c(CC(F)(F)F)c[nH]c2n1. The Labute approximate surface area is 87.7 Å². The van der Waals surface area contributed by atoms with E-state index in [-0.39, 0.29) is 28.4 Å². The van der Waals surface area contributed by atoms with E-state index in [2.05, 4.69) is 15.0 Å². The number of nitrogen functional groups attached to an aromatic ring is 2. The van der Waals surface area contributed by atoms with Crippen molar-refractivity contribution in [2.75, 3.05) is 11.5 Å². The molecule has 2 aromatic heterocycles. The molecule has 86 valence electrons. The molecule has 8 heteroatoms. The minimum absolute atomic E-state index is 0.0139. The maximum atomic E-state index is 12.2. The summed E-state index contributed by atoms with van der Waals surface area (Å²) in [6.45, 7) is 0. The second-order valence-electron chi connectivity index (χ2n) is 3.30. The van der Waals surface area contributed by atoms with Crippen LogP contribution in [0, 0.1) is 0 Å². The average molecular weight is 231 g/mol. The van der Waals surface area contributed by atoms with Crippen LogP contribution in [0.4, 0.5) is 24.9 Å². The van der Waals surface area contributed by atoms with Crippen molar-refractivity contribution in [2.24, 2.45) is 0 Å². The molecule has 0 amide bonds. The number of anilines is 2. The van der Waals surface area contributed by atoms with Crippen LogP contribution in [0.2, 0.25) is 0 Å². The molecule has 0 aliphatic rings. The molecule has 5 nitrogen and oxygen atoms in total. The highest BCUT2D eigenvalue weighted by Gasteiger charge is 2.29. The van der Waals surface area contributed by atoms with Gasteiger partial charge in [0.25, 0.3) is 0 Å². The van der Waals surface area contributed by atoms with E-state index in [1.54, 1.807) is 0 Å². The van der Waals surface area contributed by atoms with E-state index in [4.69, 9.17) is 11.5 Å². The molecule has 0 aliphatic heterocycles. The number of rotatable bonds is 1. The van der Waals surface area contributed by atoms with E-state index in [9.17, 15) is 13.2 Å². The molecule has 2 rings (SSSR count). The van der Waals surface area contributed by atoms with Gasteiger partial charge < -0.3 is 16.5 Å². The van der Waals surface area contributed by atoms with Crippen LogP contribution < -0.4 is 11.5 Å². The Bertz CT molecular complexity index is 530. The van der Waals surface area contributed by atoms with Crippen LogP contribution in [0.25, 0.3) is 11.0 Å². The third kappa shape index (κ3) is 1.86. The fraction of sp³-hybridized carbons (Fsp3) is 0.250. The number of aromatic amines is 1. The van der Waals surface area contributed by atoms with E-state index in [0.717, 1.165) is 0 Å². The van der Waals surface area contributed by atoms with Crippen molar-refractivity contribution in [2.45, 2.75) is 12.6 Å². The molecular formula is C8H8F3N5. The summed E-state index contributed by atoms with van der Waals surface area (Å²) in [7, 11) is 0. The first-order valence-electron chi connectivity index (χ1n) is 4.32. The number of nitrogens with two attached hydrogens (primary N) is 2. The number of nitrogens with zero attached hydrogens (tertiary/aromatic N) is 2. The van der Waals surface area contributed by atoms with E-state index < -0.39 is 12.6 Å². The van der Waals surface area contributed by atoms with Gasteiger partial charge in [0.05, 0.1) is 11.8 Å². The van der Waals surface area contributed by atoms with Crippen LogP contribution in [-0.2, 0) is 6.42 Å². The summed E-state index contributed by atoms with van der Waals surface area (Å²) in [6, 6.07) is 0. The Morgan fingerprint density at radius 1 is 1.25 bits per heavy atom. The van der Waals surface area contributed by atoms with Gasteiger partial charge in [-0.2, -0.15) is 23.1 Å². The molecule has 2 aromatic rings. The summed E-state index contributed by atoms with van der Waals surface area (Å²) in [4.78, 5) is 9.95. The lowest BCUT2D eigenvalue weighted by atomic mass is 10.1. The smallest absolute Gasteiger partial charge is 0.383 e. The zero-order chi connectivity index (χ0) is 11.9. The monoisotopic (exact) mass is 231 g/mol. The van der Waals surface area contributed by atoms with Gasteiger partial charge >= 0.3 is 6.18 Å². The predicted octanol–water partition coefficient (Wildman–Crippen LogP) is 1.23. The summed E-state index contributed by atoms with van der Waals surface area (Å²) in [5.41, 5.74) is 11.0. The van der Waals surface area contributed by atoms with Crippen molar-refractivity contribution in [3.05, 3.63) is 11.8 Å². The molecule has 0 radical (unpaired) electrons. The largest absolute Gasteiger partial charge is 0.393 e. The van der Waals surface area contributed by atoms with E-state index in [1.165, 1.54) is 6.20 Å². The van der Waals surface area contributed by atoms with Crippen LogP contribution in [0.3, 0.4) is 0 Å². The maximum absolute atomic E-state index is 12.2. The Hall–Kier alpha value is -1.99. The van der Waals surface area contributed by atoms with Crippen molar-refractivity contribution in [3.63, 3.8) is 0 Å². The summed E-state index contributed by atoms with van der Waals surface area (Å²) < 4.78 is 36.7. The predicted molar refractivity (Wildman–Crippen MR) is 52.5 cm³/mol. The molecule has 0 saturated carbocycles. The Morgan fingerprint density at radius 3 is 2.56 bits per heavy atom. The molecule has 0 aromatic carbocycles. The number of nitrogens with one attached hydrogen (secondary N) is 1. The van der Waals surface area contributed by atoms with Crippen molar-refractivity contribution in [3.8, 4) is 0 Å². The highest BCUT2D eigenvalue weighted by Crippen LogP contribution is 2.28. The minimum Gasteiger partial charge on any atom is -0.383 e. The van der Waals surface area contributed by atoms with Crippen molar-refractivity contribution < 1.29 is 13.2 Å².